The van der Waals surface area contributed by atoms with Gasteiger partial charge in [-0.05, 0) is 25.0 Å². The molecule has 0 saturated heterocycles. The largest absolute Gasteiger partial charge is 0.396 e. The lowest BCUT2D eigenvalue weighted by Crippen LogP contribution is -2.38. The Balaban J connectivity index is 1.91. The van der Waals surface area contributed by atoms with Gasteiger partial charge in [0.25, 0.3) is 5.91 Å². The molecule has 1 heterocycles. The zero-order valence-electron chi connectivity index (χ0n) is 11.6. The van der Waals surface area contributed by atoms with Crippen molar-refractivity contribution in [2.45, 2.75) is 32.6 Å². The molecular weight excluding hydrogens is 276 g/mol. The Morgan fingerprint density at radius 2 is 2.05 bits per heavy atom. The van der Waals surface area contributed by atoms with Crippen molar-refractivity contribution in [1.29, 1.82) is 0 Å². The van der Waals surface area contributed by atoms with Gasteiger partial charge in [0.2, 0.25) is 5.91 Å². The third-order valence-corrected chi connectivity index (χ3v) is 4.75. The number of rotatable bonds is 5. The summed E-state index contributed by atoms with van der Waals surface area (Å²) in [6.45, 7) is 2.06. The van der Waals surface area contributed by atoms with E-state index in [0.717, 1.165) is 25.7 Å². The summed E-state index contributed by atoms with van der Waals surface area (Å²) in [6.07, 6.45) is 4.15. The quantitative estimate of drug-likeness (QED) is 0.777. The molecule has 20 heavy (non-hydrogen) atoms. The van der Waals surface area contributed by atoms with E-state index in [9.17, 15) is 14.7 Å². The molecule has 1 saturated carbocycles. The van der Waals surface area contributed by atoms with Gasteiger partial charge in [-0.15, -0.1) is 11.3 Å². The van der Waals surface area contributed by atoms with Crippen LogP contribution in [-0.4, -0.2) is 30.1 Å². The van der Waals surface area contributed by atoms with Gasteiger partial charge in [-0.1, -0.05) is 12.8 Å². The topological polar surface area (TPSA) is 78.4 Å². The lowest BCUT2D eigenvalue weighted by molar-refractivity contribution is -0.114. The van der Waals surface area contributed by atoms with Crippen LogP contribution in [0.1, 0.15) is 42.3 Å². The third kappa shape index (κ3) is 3.58. The summed E-state index contributed by atoms with van der Waals surface area (Å²) in [5.74, 6) is -0.296. The van der Waals surface area contributed by atoms with E-state index in [2.05, 4.69) is 10.6 Å². The molecule has 1 aromatic rings. The van der Waals surface area contributed by atoms with Crippen molar-refractivity contribution < 1.29 is 14.7 Å². The fourth-order valence-corrected chi connectivity index (χ4v) is 3.44. The summed E-state index contributed by atoms with van der Waals surface area (Å²) in [5.41, 5.74) is -0.145. The van der Waals surface area contributed by atoms with Gasteiger partial charge >= 0.3 is 0 Å². The number of carbonyl (C=O) groups excluding carboxylic acids is 2. The Hall–Kier alpha value is -1.40. The van der Waals surface area contributed by atoms with Crippen LogP contribution in [0.15, 0.2) is 12.1 Å². The molecule has 2 rings (SSSR count). The van der Waals surface area contributed by atoms with Crippen LogP contribution in [0, 0.1) is 5.41 Å². The summed E-state index contributed by atoms with van der Waals surface area (Å²) in [4.78, 5) is 23.6. The Labute approximate surface area is 122 Å². The second-order valence-electron chi connectivity index (χ2n) is 5.39. The summed E-state index contributed by atoms with van der Waals surface area (Å²) < 4.78 is 0. The first-order chi connectivity index (χ1) is 9.54. The number of carbonyl (C=O) groups is 2. The number of nitrogens with one attached hydrogen (secondary N) is 2. The predicted molar refractivity (Wildman–Crippen MR) is 78.9 cm³/mol. The fraction of sp³-hybridized carbons (Fsp3) is 0.571. The molecular formula is C14H20N2O3S. The minimum atomic E-state index is -0.149. The zero-order chi connectivity index (χ0) is 14.6. The average molecular weight is 296 g/mol. The molecule has 110 valence electrons. The van der Waals surface area contributed by atoms with Crippen LogP contribution in [0.5, 0.6) is 0 Å². The first-order valence-corrected chi connectivity index (χ1v) is 7.63. The van der Waals surface area contributed by atoms with E-state index in [-0.39, 0.29) is 23.8 Å². The van der Waals surface area contributed by atoms with Gasteiger partial charge in [-0.2, -0.15) is 0 Å². The number of amides is 2. The number of aliphatic hydroxyl groups is 1. The van der Waals surface area contributed by atoms with Gasteiger partial charge in [-0.25, -0.2) is 0 Å². The van der Waals surface area contributed by atoms with E-state index < -0.39 is 0 Å². The molecule has 5 nitrogen and oxygen atoms in total. The molecule has 0 unspecified atom stereocenters. The van der Waals surface area contributed by atoms with Gasteiger partial charge in [0, 0.05) is 18.9 Å². The van der Waals surface area contributed by atoms with Crippen LogP contribution in [0.4, 0.5) is 5.00 Å². The normalized spacial score (nSPS) is 16.9. The van der Waals surface area contributed by atoms with Crippen molar-refractivity contribution in [3.8, 4) is 0 Å². The molecule has 0 aromatic carbocycles. The predicted octanol–water partition coefficient (Wildman–Crippen LogP) is 1.99. The second-order valence-corrected chi connectivity index (χ2v) is 6.48. The van der Waals surface area contributed by atoms with Gasteiger partial charge in [-0.3, -0.25) is 9.59 Å². The van der Waals surface area contributed by atoms with Gasteiger partial charge in [0.05, 0.1) is 16.5 Å². The lowest BCUT2D eigenvalue weighted by atomic mass is 9.87. The molecule has 6 heteroatoms. The molecule has 0 aliphatic heterocycles. The Morgan fingerprint density at radius 3 is 2.65 bits per heavy atom. The molecule has 0 spiro atoms. The third-order valence-electron chi connectivity index (χ3n) is 3.75. The van der Waals surface area contributed by atoms with Crippen LogP contribution < -0.4 is 10.6 Å². The number of anilines is 1. The van der Waals surface area contributed by atoms with E-state index in [1.807, 2.05) is 0 Å². The monoisotopic (exact) mass is 296 g/mol. The minimum absolute atomic E-state index is 0.120. The number of thiophene rings is 1. The van der Waals surface area contributed by atoms with Crippen molar-refractivity contribution in [2.24, 2.45) is 5.41 Å². The van der Waals surface area contributed by atoms with Crippen molar-refractivity contribution in [2.75, 3.05) is 18.5 Å². The SMILES string of the molecule is CC(=O)Nc1ccc(C(=O)NCC2(CO)CCCC2)s1. The van der Waals surface area contributed by atoms with E-state index in [1.165, 1.54) is 18.3 Å². The smallest absolute Gasteiger partial charge is 0.261 e. The van der Waals surface area contributed by atoms with Crippen molar-refractivity contribution in [3.63, 3.8) is 0 Å². The molecule has 1 aromatic heterocycles. The summed E-state index contributed by atoms with van der Waals surface area (Å²) >= 11 is 1.25. The highest BCUT2D eigenvalue weighted by molar-refractivity contribution is 7.18. The summed E-state index contributed by atoms with van der Waals surface area (Å²) in [5, 5.41) is 15.7. The first kappa shape index (κ1) is 15.0. The van der Waals surface area contributed by atoms with Gasteiger partial charge in [0.15, 0.2) is 0 Å². The minimum Gasteiger partial charge on any atom is -0.396 e. The van der Waals surface area contributed by atoms with Crippen LogP contribution >= 0.6 is 11.3 Å². The first-order valence-electron chi connectivity index (χ1n) is 6.81. The highest BCUT2D eigenvalue weighted by Gasteiger charge is 2.33. The average Bonchev–Trinajstić information content (AvgIpc) is 3.05. The molecule has 1 fully saturated rings. The molecule has 0 radical (unpaired) electrons. The lowest BCUT2D eigenvalue weighted by Gasteiger charge is -2.26. The Morgan fingerprint density at radius 1 is 1.35 bits per heavy atom. The molecule has 0 atom stereocenters. The number of hydrogen-bond acceptors (Lipinski definition) is 4. The standard InChI is InChI=1S/C14H20N2O3S/c1-10(18)16-12-5-4-11(20-12)13(19)15-8-14(9-17)6-2-3-7-14/h4-5,17H,2-3,6-9H2,1H3,(H,15,19)(H,16,18). The molecule has 2 amide bonds. The highest BCUT2D eigenvalue weighted by atomic mass is 32.1. The molecule has 0 bridgehead atoms. The molecule has 3 N–H and O–H groups in total. The Bertz CT molecular complexity index is 492. The van der Waals surface area contributed by atoms with Crippen LogP contribution in [-0.2, 0) is 4.79 Å². The highest BCUT2D eigenvalue weighted by Crippen LogP contribution is 2.37. The van der Waals surface area contributed by atoms with E-state index >= 15 is 0 Å². The van der Waals surface area contributed by atoms with Crippen LogP contribution in [0.3, 0.4) is 0 Å². The maximum absolute atomic E-state index is 12.1. The summed E-state index contributed by atoms with van der Waals surface area (Å²) in [7, 11) is 0. The zero-order valence-corrected chi connectivity index (χ0v) is 12.4. The number of aliphatic hydroxyl groups excluding tert-OH is 1. The van der Waals surface area contributed by atoms with E-state index in [1.54, 1.807) is 12.1 Å². The number of hydrogen-bond donors (Lipinski definition) is 3. The maximum Gasteiger partial charge on any atom is 0.261 e. The molecule has 1 aliphatic carbocycles. The maximum atomic E-state index is 12.1. The van der Waals surface area contributed by atoms with Crippen molar-refractivity contribution in [1.82, 2.24) is 5.32 Å². The fourth-order valence-electron chi connectivity index (χ4n) is 2.57. The summed E-state index contributed by atoms with van der Waals surface area (Å²) in [6, 6.07) is 3.42. The molecule has 1 aliphatic rings. The van der Waals surface area contributed by atoms with Crippen LogP contribution in [0.2, 0.25) is 0 Å². The van der Waals surface area contributed by atoms with Gasteiger partial charge in [0.1, 0.15) is 0 Å². The van der Waals surface area contributed by atoms with Crippen molar-refractivity contribution >= 4 is 28.2 Å². The van der Waals surface area contributed by atoms with Crippen molar-refractivity contribution in [3.05, 3.63) is 17.0 Å². The van der Waals surface area contributed by atoms with Crippen LogP contribution in [0.25, 0.3) is 0 Å². The Kier molecular flexibility index (Phi) is 4.77. The van der Waals surface area contributed by atoms with Gasteiger partial charge < -0.3 is 15.7 Å². The van der Waals surface area contributed by atoms with E-state index in [4.69, 9.17) is 0 Å². The van der Waals surface area contributed by atoms with E-state index in [0.29, 0.717) is 16.4 Å². The second kappa shape index (κ2) is 6.37.